The number of rotatable bonds is 3. The Morgan fingerprint density at radius 3 is 2.93 bits per heavy atom. The van der Waals surface area contributed by atoms with Crippen molar-refractivity contribution in [3.63, 3.8) is 0 Å². The predicted molar refractivity (Wildman–Crippen MR) is 86.7 cm³/mol. The fourth-order valence-corrected chi connectivity index (χ4v) is 3.11. The molecule has 12 heteroatoms. The van der Waals surface area contributed by atoms with Crippen LogP contribution < -0.4 is 0 Å². The van der Waals surface area contributed by atoms with Crippen molar-refractivity contribution >= 4 is 16.9 Å². The van der Waals surface area contributed by atoms with E-state index in [1.54, 1.807) is 0 Å². The van der Waals surface area contributed by atoms with E-state index in [9.17, 15) is 22.4 Å². The van der Waals surface area contributed by atoms with Crippen LogP contribution in [0, 0.1) is 5.82 Å². The molecule has 1 aliphatic rings. The number of fused-ring (bicyclic) bond motifs is 1. The van der Waals surface area contributed by atoms with Crippen molar-refractivity contribution in [2.75, 3.05) is 19.8 Å². The minimum Gasteiger partial charge on any atom is -0.377 e. The average Bonchev–Trinajstić information content (AvgIpc) is 3.28. The predicted octanol–water partition coefficient (Wildman–Crippen LogP) is 2.07. The third kappa shape index (κ3) is 3.54. The molecule has 8 nitrogen and oxygen atoms in total. The van der Waals surface area contributed by atoms with Gasteiger partial charge in [-0.2, -0.15) is 18.3 Å². The molecule has 1 aromatic carbocycles. The summed E-state index contributed by atoms with van der Waals surface area (Å²) in [6, 6.07) is 1.50. The van der Waals surface area contributed by atoms with Gasteiger partial charge in [-0.25, -0.2) is 19.0 Å². The Kier molecular flexibility index (Phi) is 4.49. The van der Waals surface area contributed by atoms with Crippen molar-refractivity contribution in [1.29, 1.82) is 0 Å². The van der Waals surface area contributed by atoms with E-state index in [0.717, 1.165) is 12.4 Å². The second-order valence-electron chi connectivity index (χ2n) is 6.26. The van der Waals surface area contributed by atoms with Crippen molar-refractivity contribution in [2.45, 2.75) is 18.8 Å². The Balaban J connectivity index is 1.65. The molecule has 1 N–H and O–H groups in total. The number of carbonyl (C=O) groups is 1. The highest BCUT2D eigenvalue weighted by Gasteiger charge is 2.34. The first-order valence-corrected chi connectivity index (χ1v) is 8.29. The van der Waals surface area contributed by atoms with Crippen molar-refractivity contribution in [1.82, 2.24) is 29.6 Å². The van der Waals surface area contributed by atoms with Gasteiger partial charge in [0.25, 0.3) is 5.91 Å². The molecule has 0 aliphatic carbocycles. The number of halogens is 4. The lowest BCUT2D eigenvalue weighted by Crippen LogP contribution is -2.44. The first kappa shape index (κ1) is 18.3. The highest BCUT2D eigenvalue weighted by molar-refractivity contribution is 6.05. The number of ether oxygens (including phenoxy) is 1. The zero-order valence-corrected chi connectivity index (χ0v) is 14.3. The van der Waals surface area contributed by atoms with E-state index < -0.39 is 30.5 Å². The summed E-state index contributed by atoms with van der Waals surface area (Å²) in [5.41, 5.74) is 0.700. The number of aromatic amines is 1. The van der Waals surface area contributed by atoms with E-state index in [1.807, 2.05) is 0 Å². The van der Waals surface area contributed by atoms with Crippen LogP contribution in [0.5, 0.6) is 0 Å². The molecule has 1 saturated heterocycles. The molecule has 1 aliphatic heterocycles. The summed E-state index contributed by atoms with van der Waals surface area (Å²) in [6.07, 6.45) is -2.15. The monoisotopic (exact) mass is 398 g/mol. The fraction of sp³-hybridized carbons (Fsp3) is 0.375. The maximum atomic E-state index is 13.9. The number of morpholine rings is 1. The Morgan fingerprint density at radius 1 is 1.32 bits per heavy atom. The molecule has 4 rings (SSSR count). The van der Waals surface area contributed by atoms with E-state index in [2.05, 4.69) is 20.1 Å². The van der Waals surface area contributed by atoms with Crippen LogP contribution >= 0.6 is 0 Å². The number of hydrogen-bond donors (Lipinski definition) is 1. The van der Waals surface area contributed by atoms with Gasteiger partial charge in [-0.1, -0.05) is 0 Å². The zero-order chi connectivity index (χ0) is 19.9. The molecule has 2 aromatic heterocycles. The van der Waals surface area contributed by atoms with Gasteiger partial charge < -0.3 is 14.6 Å². The van der Waals surface area contributed by atoms with Crippen LogP contribution in [0.25, 0.3) is 11.0 Å². The molecular formula is C16H14F4N6O2. The van der Waals surface area contributed by atoms with Crippen LogP contribution in [0.15, 0.2) is 24.8 Å². The molecule has 3 aromatic rings. The number of nitrogens with zero attached hydrogens (tertiary/aromatic N) is 5. The lowest BCUT2D eigenvalue weighted by atomic mass is 10.1. The summed E-state index contributed by atoms with van der Waals surface area (Å²) in [5, 5.41) is 3.83. The summed E-state index contributed by atoms with van der Waals surface area (Å²) >= 11 is 0. The quantitative estimate of drug-likeness (QED) is 0.683. The molecule has 1 atom stereocenters. The fourth-order valence-electron chi connectivity index (χ4n) is 3.11. The number of alkyl halides is 3. The topological polar surface area (TPSA) is 88.9 Å². The largest absolute Gasteiger partial charge is 0.408 e. The Bertz CT molecular complexity index is 1010. The molecule has 1 fully saturated rings. The van der Waals surface area contributed by atoms with Crippen LogP contribution in [0.1, 0.15) is 22.2 Å². The first-order chi connectivity index (χ1) is 13.3. The van der Waals surface area contributed by atoms with Gasteiger partial charge in [-0.05, 0) is 12.1 Å². The van der Waals surface area contributed by atoms with Gasteiger partial charge in [-0.3, -0.25) is 4.79 Å². The van der Waals surface area contributed by atoms with Gasteiger partial charge >= 0.3 is 6.18 Å². The van der Waals surface area contributed by atoms with Gasteiger partial charge in [0.05, 0.1) is 30.6 Å². The number of benzene rings is 1. The number of amides is 1. The standard InChI is InChI=1S/C16H14F4N6O2/c17-9-3-10(13-11(4-9)21-7-22-13)15(27)26-1-2-28-5-12(26)14-23-8-25(24-14)6-16(18,19)20/h3-4,7-8,12H,1-2,5-6H2,(H,21,22). The second-order valence-corrected chi connectivity index (χ2v) is 6.26. The van der Waals surface area contributed by atoms with E-state index in [0.29, 0.717) is 15.7 Å². The van der Waals surface area contributed by atoms with E-state index >= 15 is 0 Å². The van der Waals surface area contributed by atoms with Crippen LogP contribution in [0.2, 0.25) is 0 Å². The number of aromatic nitrogens is 5. The van der Waals surface area contributed by atoms with Crippen LogP contribution in [-0.4, -0.2) is 61.5 Å². The average molecular weight is 398 g/mol. The summed E-state index contributed by atoms with van der Waals surface area (Å²) in [5.74, 6) is -1.12. The van der Waals surface area contributed by atoms with Gasteiger partial charge in [-0.15, -0.1) is 0 Å². The second kappa shape index (κ2) is 6.86. The molecule has 0 spiro atoms. The number of carbonyl (C=O) groups excluding carboxylic acids is 1. The van der Waals surface area contributed by atoms with Crippen LogP contribution in [-0.2, 0) is 11.3 Å². The van der Waals surface area contributed by atoms with E-state index in [4.69, 9.17) is 4.74 Å². The normalized spacial score (nSPS) is 18.0. The lowest BCUT2D eigenvalue weighted by molar-refractivity contribution is -0.142. The maximum Gasteiger partial charge on any atom is 0.408 e. The molecular weight excluding hydrogens is 384 g/mol. The highest BCUT2D eigenvalue weighted by atomic mass is 19.4. The molecule has 1 unspecified atom stereocenters. The number of nitrogens with one attached hydrogen (secondary N) is 1. The smallest absolute Gasteiger partial charge is 0.377 e. The van der Waals surface area contributed by atoms with Crippen LogP contribution in [0.4, 0.5) is 17.6 Å². The highest BCUT2D eigenvalue weighted by Crippen LogP contribution is 2.27. The maximum absolute atomic E-state index is 13.9. The Morgan fingerprint density at radius 2 is 2.14 bits per heavy atom. The van der Waals surface area contributed by atoms with Gasteiger partial charge in [0.1, 0.15) is 30.2 Å². The number of H-pyrrole nitrogens is 1. The SMILES string of the molecule is O=C(c1cc(F)cc2[nH]cnc12)N1CCOCC1c1ncn(CC(F)(F)F)n1. The van der Waals surface area contributed by atoms with Crippen molar-refractivity contribution in [3.8, 4) is 0 Å². The third-order valence-corrected chi connectivity index (χ3v) is 4.30. The third-order valence-electron chi connectivity index (χ3n) is 4.30. The van der Waals surface area contributed by atoms with E-state index in [-0.39, 0.29) is 31.1 Å². The molecule has 3 heterocycles. The Hall–Kier alpha value is -3.02. The lowest BCUT2D eigenvalue weighted by Gasteiger charge is -2.34. The van der Waals surface area contributed by atoms with Crippen molar-refractivity contribution < 1.29 is 27.1 Å². The molecule has 1 amide bonds. The Labute approximate surface area is 155 Å². The van der Waals surface area contributed by atoms with Crippen LogP contribution in [0.3, 0.4) is 0 Å². The molecule has 148 valence electrons. The minimum absolute atomic E-state index is 0.0147. The molecule has 0 bridgehead atoms. The summed E-state index contributed by atoms with van der Waals surface area (Å²) in [7, 11) is 0. The summed E-state index contributed by atoms with van der Waals surface area (Å²) < 4.78 is 57.6. The summed E-state index contributed by atoms with van der Waals surface area (Å²) in [6.45, 7) is -0.898. The minimum atomic E-state index is -4.45. The summed E-state index contributed by atoms with van der Waals surface area (Å²) in [4.78, 5) is 25.2. The van der Waals surface area contributed by atoms with Gasteiger partial charge in [0, 0.05) is 6.54 Å². The molecule has 0 saturated carbocycles. The molecule has 0 radical (unpaired) electrons. The van der Waals surface area contributed by atoms with Crippen molar-refractivity contribution in [2.24, 2.45) is 0 Å². The number of hydrogen-bond acceptors (Lipinski definition) is 5. The van der Waals surface area contributed by atoms with Crippen molar-refractivity contribution in [3.05, 3.63) is 42.0 Å². The zero-order valence-electron chi connectivity index (χ0n) is 14.3. The van der Waals surface area contributed by atoms with E-state index in [1.165, 1.54) is 17.3 Å². The van der Waals surface area contributed by atoms with Gasteiger partial charge in [0.15, 0.2) is 5.82 Å². The van der Waals surface area contributed by atoms with Gasteiger partial charge in [0.2, 0.25) is 0 Å². The first-order valence-electron chi connectivity index (χ1n) is 8.29. The molecule has 28 heavy (non-hydrogen) atoms. The number of imidazole rings is 1.